The number of hydrogen-bond donors (Lipinski definition) is 1. The molecule has 1 N–H and O–H groups in total. The maximum atomic E-state index is 12.6. The largest absolute Gasteiger partial charge is 0.466 e. The second-order valence-electron chi connectivity index (χ2n) is 5.88. The molecule has 2 amide bonds. The van der Waals surface area contributed by atoms with Gasteiger partial charge >= 0.3 is 0 Å². The Morgan fingerprint density at radius 2 is 2.17 bits per heavy atom. The van der Waals surface area contributed by atoms with Crippen molar-refractivity contribution in [2.24, 2.45) is 0 Å². The second-order valence-corrected chi connectivity index (χ2v) is 5.88. The zero-order valence-electron chi connectivity index (χ0n) is 13.5. The van der Waals surface area contributed by atoms with Crippen molar-refractivity contribution >= 4 is 17.6 Å². The molecular weight excluding hydrogens is 296 g/mol. The number of aromatic nitrogens is 2. The molecule has 1 atom stereocenters. The topological polar surface area (TPSA) is 80.4 Å². The summed E-state index contributed by atoms with van der Waals surface area (Å²) >= 11 is 0. The highest BCUT2D eigenvalue weighted by Gasteiger charge is 2.30. The lowest BCUT2D eigenvalue weighted by Gasteiger charge is -2.16. The van der Waals surface area contributed by atoms with Crippen molar-refractivity contribution in [1.29, 1.82) is 0 Å². The maximum Gasteiger partial charge on any atom is 0.257 e. The average Bonchev–Trinajstić information content (AvgIpc) is 3.17. The summed E-state index contributed by atoms with van der Waals surface area (Å²) in [5, 5.41) is 7.00. The fourth-order valence-electron chi connectivity index (χ4n) is 2.94. The molecule has 3 heterocycles. The number of aryl methyl sites for hydroxylation is 2. The van der Waals surface area contributed by atoms with Gasteiger partial charge in [0.25, 0.3) is 5.91 Å². The minimum absolute atomic E-state index is 0.00362. The summed E-state index contributed by atoms with van der Waals surface area (Å²) in [5.41, 5.74) is 0.627. The van der Waals surface area contributed by atoms with E-state index < -0.39 is 0 Å². The molecule has 0 bridgehead atoms. The van der Waals surface area contributed by atoms with Gasteiger partial charge in [-0.2, -0.15) is 5.10 Å². The van der Waals surface area contributed by atoms with E-state index in [1.165, 1.54) is 6.92 Å². The molecule has 7 nitrogen and oxygen atoms in total. The van der Waals surface area contributed by atoms with Crippen molar-refractivity contribution in [2.45, 2.75) is 33.2 Å². The van der Waals surface area contributed by atoms with Gasteiger partial charge in [-0.25, -0.2) is 0 Å². The Hall–Kier alpha value is -2.57. The lowest BCUT2D eigenvalue weighted by molar-refractivity contribution is -0.114. The van der Waals surface area contributed by atoms with Crippen LogP contribution in [0.25, 0.3) is 0 Å². The predicted octanol–water partition coefficient (Wildman–Crippen LogP) is 2.14. The number of nitrogens with zero attached hydrogens (tertiary/aromatic N) is 3. The number of hydrogen-bond acceptors (Lipinski definition) is 4. The summed E-state index contributed by atoms with van der Waals surface area (Å²) < 4.78 is 7.25. The number of furan rings is 1. The molecule has 0 spiro atoms. The molecule has 2 aromatic rings. The third-order valence-corrected chi connectivity index (χ3v) is 4.01. The summed E-state index contributed by atoms with van der Waals surface area (Å²) in [4.78, 5) is 25.5. The van der Waals surface area contributed by atoms with E-state index in [0.29, 0.717) is 30.2 Å². The first-order chi connectivity index (χ1) is 10.9. The molecular formula is C16H20N4O3. The Kier molecular flexibility index (Phi) is 3.94. The fraction of sp³-hybridized carbons (Fsp3) is 0.438. The van der Waals surface area contributed by atoms with Crippen LogP contribution in [0.5, 0.6) is 0 Å². The van der Waals surface area contributed by atoms with Gasteiger partial charge in [-0.1, -0.05) is 0 Å². The van der Waals surface area contributed by atoms with E-state index in [1.807, 2.05) is 22.7 Å². The zero-order valence-corrected chi connectivity index (χ0v) is 13.5. The molecule has 2 aromatic heterocycles. The normalized spacial score (nSPS) is 17.5. The molecule has 0 aliphatic carbocycles. The molecule has 0 radical (unpaired) electrons. The number of amides is 2. The Morgan fingerprint density at radius 1 is 1.39 bits per heavy atom. The first kappa shape index (κ1) is 15.3. The van der Waals surface area contributed by atoms with Crippen molar-refractivity contribution in [2.75, 3.05) is 18.4 Å². The van der Waals surface area contributed by atoms with Crippen molar-refractivity contribution in [1.82, 2.24) is 14.7 Å². The average molecular weight is 316 g/mol. The first-order valence-electron chi connectivity index (χ1n) is 7.63. The SMILES string of the molecule is CC(=O)Nc1ccn([C@H]2CCN(C(=O)c3cc(C)oc3C)C2)n1. The number of anilines is 1. The molecule has 1 aliphatic heterocycles. The lowest BCUT2D eigenvalue weighted by Crippen LogP contribution is -2.29. The van der Waals surface area contributed by atoms with Crippen LogP contribution in [0.2, 0.25) is 0 Å². The first-order valence-corrected chi connectivity index (χ1v) is 7.63. The predicted molar refractivity (Wildman–Crippen MR) is 84.3 cm³/mol. The minimum atomic E-state index is -0.149. The van der Waals surface area contributed by atoms with Crippen LogP contribution < -0.4 is 5.32 Å². The van der Waals surface area contributed by atoms with Gasteiger partial charge in [0, 0.05) is 32.3 Å². The van der Waals surface area contributed by atoms with E-state index in [1.54, 1.807) is 19.1 Å². The second kappa shape index (κ2) is 5.91. The Balaban J connectivity index is 1.68. The fourth-order valence-corrected chi connectivity index (χ4v) is 2.94. The molecule has 0 aromatic carbocycles. The van der Waals surface area contributed by atoms with E-state index in [-0.39, 0.29) is 17.9 Å². The molecule has 1 fully saturated rings. The molecule has 122 valence electrons. The summed E-state index contributed by atoms with van der Waals surface area (Å²) in [6.45, 7) is 6.38. The third-order valence-electron chi connectivity index (χ3n) is 4.01. The van der Waals surface area contributed by atoms with E-state index in [9.17, 15) is 9.59 Å². The van der Waals surface area contributed by atoms with Gasteiger partial charge in [0.15, 0.2) is 5.82 Å². The van der Waals surface area contributed by atoms with Crippen LogP contribution in [0.15, 0.2) is 22.7 Å². The number of carbonyl (C=O) groups is 2. The van der Waals surface area contributed by atoms with Crippen LogP contribution >= 0.6 is 0 Å². The van der Waals surface area contributed by atoms with Gasteiger partial charge in [0.05, 0.1) is 11.6 Å². The van der Waals surface area contributed by atoms with Crippen LogP contribution in [0.3, 0.4) is 0 Å². The molecule has 0 saturated carbocycles. The number of nitrogens with one attached hydrogen (secondary N) is 1. The smallest absolute Gasteiger partial charge is 0.257 e. The summed E-state index contributed by atoms with van der Waals surface area (Å²) in [6, 6.07) is 3.67. The standard InChI is InChI=1S/C16H20N4O3/c1-10-8-14(11(2)23-10)16(22)19-6-4-13(9-19)20-7-5-15(18-20)17-12(3)21/h5,7-8,13H,4,6,9H2,1-3H3,(H,17,18,21)/t13-/m0/s1. The minimum Gasteiger partial charge on any atom is -0.466 e. The quantitative estimate of drug-likeness (QED) is 0.940. The van der Waals surface area contributed by atoms with Crippen LogP contribution in [-0.4, -0.2) is 39.6 Å². The number of carbonyl (C=O) groups excluding carboxylic acids is 2. The Bertz CT molecular complexity index is 746. The summed E-state index contributed by atoms with van der Waals surface area (Å²) in [5.74, 6) is 1.78. The van der Waals surface area contributed by atoms with Crippen LogP contribution in [-0.2, 0) is 4.79 Å². The van der Waals surface area contributed by atoms with Gasteiger partial charge in [0.2, 0.25) is 5.91 Å². The van der Waals surface area contributed by atoms with Gasteiger partial charge in [-0.05, 0) is 26.3 Å². The number of likely N-dealkylation sites (tertiary alicyclic amines) is 1. The maximum absolute atomic E-state index is 12.6. The van der Waals surface area contributed by atoms with Gasteiger partial charge in [-0.15, -0.1) is 0 Å². The molecule has 1 saturated heterocycles. The molecule has 3 rings (SSSR count). The van der Waals surface area contributed by atoms with E-state index >= 15 is 0 Å². The highest BCUT2D eigenvalue weighted by molar-refractivity contribution is 5.95. The van der Waals surface area contributed by atoms with Crippen molar-refractivity contribution in [3.63, 3.8) is 0 Å². The van der Waals surface area contributed by atoms with Crippen LogP contribution in [0.4, 0.5) is 5.82 Å². The monoisotopic (exact) mass is 316 g/mol. The van der Waals surface area contributed by atoms with Crippen LogP contribution in [0, 0.1) is 13.8 Å². The van der Waals surface area contributed by atoms with Gasteiger partial charge < -0.3 is 14.6 Å². The molecule has 1 aliphatic rings. The number of rotatable bonds is 3. The Morgan fingerprint density at radius 3 is 2.83 bits per heavy atom. The summed E-state index contributed by atoms with van der Waals surface area (Å²) in [7, 11) is 0. The zero-order chi connectivity index (χ0) is 16.6. The Labute approximate surface area is 134 Å². The van der Waals surface area contributed by atoms with Gasteiger partial charge in [0.1, 0.15) is 11.5 Å². The molecule has 7 heteroatoms. The third kappa shape index (κ3) is 3.13. The van der Waals surface area contributed by atoms with Gasteiger partial charge in [-0.3, -0.25) is 14.3 Å². The van der Waals surface area contributed by atoms with E-state index in [4.69, 9.17) is 4.42 Å². The van der Waals surface area contributed by atoms with Crippen molar-refractivity contribution in [3.05, 3.63) is 35.4 Å². The molecule has 23 heavy (non-hydrogen) atoms. The lowest BCUT2D eigenvalue weighted by atomic mass is 10.2. The summed E-state index contributed by atoms with van der Waals surface area (Å²) in [6.07, 6.45) is 2.67. The van der Waals surface area contributed by atoms with Crippen molar-refractivity contribution < 1.29 is 14.0 Å². The van der Waals surface area contributed by atoms with E-state index in [0.717, 1.165) is 12.2 Å². The van der Waals surface area contributed by atoms with Crippen molar-refractivity contribution in [3.8, 4) is 0 Å². The highest BCUT2D eigenvalue weighted by Crippen LogP contribution is 2.25. The highest BCUT2D eigenvalue weighted by atomic mass is 16.3. The molecule has 0 unspecified atom stereocenters. The van der Waals surface area contributed by atoms with Crippen LogP contribution in [0.1, 0.15) is 41.3 Å². The van der Waals surface area contributed by atoms with E-state index in [2.05, 4.69) is 10.4 Å².